The van der Waals surface area contributed by atoms with Gasteiger partial charge in [-0.3, -0.25) is 0 Å². The molecule has 1 aromatic heterocycles. The van der Waals surface area contributed by atoms with Gasteiger partial charge in [0.1, 0.15) is 0 Å². The Kier molecular flexibility index (Phi) is 3.75. The van der Waals surface area contributed by atoms with E-state index in [0.29, 0.717) is 0 Å². The van der Waals surface area contributed by atoms with Gasteiger partial charge in [-0.05, 0) is 36.1 Å². The first-order valence-corrected chi connectivity index (χ1v) is 7.41. The molecule has 3 rings (SSSR count). The maximum Gasteiger partial charge on any atom is 0.0345 e. The van der Waals surface area contributed by atoms with Crippen LogP contribution in [0, 0.1) is 0 Å². The van der Waals surface area contributed by atoms with Crippen molar-refractivity contribution in [2.45, 2.75) is 12.8 Å². The summed E-state index contributed by atoms with van der Waals surface area (Å²) in [6.07, 6.45) is 2.25. The van der Waals surface area contributed by atoms with E-state index in [1.807, 2.05) is 11.3 Å². The van der Waals surface area contributed by atoms with Crippen LogP contribution < -0.4 is 0 Å². The van der Waals surface area contributed by atoms with Gasteiger partial charge in [0.05, 0.1) is 0 Å². The highest BCUT2D eigenvalue weighted by Gasteiger charge is 2.02. The van der Waals surface area contributed by atoms with Gasteiger partial charge in [0.15, 0.2) is 0 Å². The molecule has 0 aliphatic rings. The highest BCUT2D eigenvalue weighted by Crippen LogP contribution is 2.28. The first-order valence-electron chi connectivity index (χ1n) is 6.60. The topological polar surface area (TPSA) is 0 Å². The van der Waals surface area contributed by atoms with E-state index in [4.69, 9.17) is 0 Å². The van der Waals surface area contributed by atoms with E-state index < -0.39 is 0 Å². The van der Waals surface area contributed by atoms with E-state index in [1.54, 1.807) is 0 Å². The fourth-order valence-electron chi connectivity index (χ4n) is 2.18. The summed E-state index contributed by atoms with van der Waals surface area (Å²) < 4.78 is 0. The third kappa shape index (κ3) is 3.12. The molecule has 3 aromatic rings. The zero-order valence-electron chi connectivity index (χ0n) is 10.8. The minimum atomic E-state index is 1.12. The molecule has 0 radical (unpaired) electrons. The number of rotatable bonds is 4. The lowest BCUT2D eigenvalue weighted by Crippen LogP contribution is -1.87. The molecule has 1 heteroatoms. The fourth-order valence-corrected chi connectivity index (χ4v) is 3.19. The molecule has 94 valence electrons. The second-order valence-corrected chi connectivity index (χ2v) is 5.79. The molecule has 0 bridgehead atoms. The van der Waals surface area contributed by atoms with Gasteiger partial charge in [-0.15, -0.1) is 11.3 Å². The quantitative estimate of drug-likeness (QED) is 0.607. The van der Waals surface area contributed by atoms with Crippen LogP contribution in [-0.2, 0) is 12.8 Å². The lowest BCUT2D eigenvalue weighted by atomic mass is 10.1. The van der Waals surface area contributed by atoms with Crippen LogP contribution in [0.3, 0.4) is 0 Å². The zero-order chi connectivity index (χ0) is 12.9. The van der Waals surface area contributed by atoms with Crippen molar-refractivity contribution in [3.8, 4) is 10.4 Å². The summed E-state index contributed by atoms with van der Waals surface area (Å²) in [7, 11) is 0. The van der Waals surface area contributed by atoms with Crippen molar-refractivity contribution in [2.75, 3.05) is 0 Å². The van der Waals surface area contributed by atoms with Gasteiger partial charge in [-0.2, -0.15) is 0 Å². The van der Waals surface area contributed by atoms with Crippen LogP contribution in [0.4, 0.5) is 0 Å². The van der Waals surface area contributed by atoms with E-state index in [9.17, 15) is 0 Å². The Morgan fingerprint density at radius 3 is 2.05 bits per heavy atom. The molecule has 0 atom stereocenters. The average Bonchev–Trinajstić information content (AvgIpc) is 2.96. The van der Waals surface area contributed by atoms with Gasteiger partial charge < -0.3 is 0 Å². The van der Waals surface area contributed by atoms with Crippen LogP contribution in [0.1, 0.15) is 10.4 Å². The molecule has 0 saturated carbocycles. The van der Waals surface area contributed by atoms with Crippen molar-refractivity contribution >= 4 is 11.3 Å². The number of thiophene rings is 1. The molecule has 1 heterocycles. The molecule has 0 spiro atoms. The minimum Gasteiger partial charge on any atom is -0.140 e. The van der Waals surface area contributed by atoms with E-state index in [2.05, 4.69) is 72.8 Å². The lowest BCUT2D eigenvalue weighted by Gasteiger charge is -1.99. The average molecular weight is 264 g/mol. The van der Waals surface area contributed by atoms with Gasteiger partial charge in [0, 0.05) is 9.75 Å². The molecule has 19 heavy (non-hydrogen) atoms. The summed E-state index contributed by atoms with van der Waals surface area (Å²) in [6, 6.07) is 25.8. The molecule has 0 aliphatic heterocycles. The van der Waals surface area contributed by atoms with Crippen LogP contribution in [-0.4, -0.2) is 0 Å². The highest BCUT2D eigenvalue weighted by atomic mass is 32.1. The Morgan fingerprint density at radius 1 is 0.632 bits per heavy atom. The van der Waals surface area contributed by atoms with Crippen LogP contribution in [0.5, 0.6) is 0 Å². The van der Waals surface area contributed by atoms with E-state index >= 15 is 0 Å². The van der Waals surface area contributed by atoms with Crippen molar-refractivity contribution in [3.63, 3.8) is 0 Å². The number of benzene rings is 2. The Balaban J connectivity index is 1.69. The fraction of sp³-hybridized carbons (Fsp3) is 0.111. The molecular weight excluding hydrogens is 248 g/mol. The maximum absolute atomic E-state index is 2.26. The van der Waals surface area contributed by atoms with Gasteiger partial charge in [0.2, 0.25) is 0 Å². The maximum atomic E-state index is 2.26. The van der Waals surface area contributed by atoms with Gasteiger partial charge in [-0.1, -0.05) is 60.7 Å². The molecule has 0 nitrogen and oxygen atoms in total. The molecule has 0 saturated heterocycles. The summed E-state index contributed by atoms with van der Waals surface area (Å²) in [6.45, 7) is 0. The molecular formula is C18H16S. The first kappa shape index (κ1) is 12.2. The van der Waals surface area contributed by atoms with E-state index in [-0.39, 0.29) is 0 Å². The summed E-state index contributed by atoms with van der Waals surface area (Å²) in [5.74, 6) is 0. The summed E-state index contributed by atoms with van der Waals surface area (Å²) in [5.41, 5.74) is 2.73. The van der Waals surface area contributed by atoms with Crippen LogP contribution in [0.15, 0.2) is 72.8 Å². The summed E-state index contributed by atoms with van der Waals surface area (Å²) in [4.78, 5) is 2.83. The summed E-state index contributed by atoms with van der Waals surface area (Å²) >= 11 is 1.91. The standard InChI is InChI=1S/C18H16S/c1-3-7-15(8-4-1)11-12-17-13-14-18(19-17)16-9-5-2-6-10-16/h1-10,13-14H,11-12H2. The third-order valence-electron chi connectivity index (χ3n) is 3.22. The predicted molar refractivity (Wildman–Crippen MR) is 83.6 cm³/mol. The zero-order valence-corrected chi connectivity index (χ0v) is 11.6. The smallest absolute Gasteiger partial charge is 0.0345 e. The van der Waals surface area contributed by atoms with Crippen LogP contribution in [0.25, 0.3) is 10.4 Å². The number of aryl methyl sites for hydroxylation is 2. The number of hydrogen-bond donors (Lipinski definition) is 0. The molecule has 0 unspecified atom stereocenters. The first-order chi connectivity index (χ1) is 9.42. The van der Waals surface area contributed by atoms with Crippen LogP contribution >= 0.6 is 11.3 Å². The van der Waals surface area contributed by atoms with Crippen molar-refractivity contribution in [2.24, 2.45) is 0 Å². The molecule has 0 amide bonds. The Hall–Kier alpha value is -1.86. The van der Waals surface area contributed by atoms with Crippen molar-refractivity contribution in [3.05, 3.63) is 83.2 Å². The second kappa shape index (κ2) is 5.85. The molecule has 0 fully saturated rings. The number of hydrogen-bond acceptors (Lipinski definition) is 1. The highest BCUT2D eigenvalue weighted by molar-refractivity contribution is 7.15. The Bertz CT molecular complexity index is 623. The SMILES string of the molecule is c1ccc(CCc2ccc(-c3ccccc3)s2)cc1. The van der Waals surface area contributed by atoms with Crippen LogP contribution in [0.2, 0.25) is 0 Å². The summed E-state index contributed by atoms with van der Waals surface area (Å²) in [5, 5.41) is 0. The Morgan fingerprint density at radius 2 is 1.32 bits per heavy atom. The normalized spacial score (nSPS) is 10.5. The largest absolute Gasteiger partial charge is 0.140 e. The van der Waals surface area contributed by atoms with Gasteiger partial charge in [0.25, 0.3) is 0 Å². The lowest BCUT2D eigenvalue weighted by molar-refractivity contribution is 0.981. The third-order valence-corrected chi connectivity index (χ3v) is 4.42. The molecule has 0 N–H and O–H groups in total. The molecule has 2 aromatic carbocycles. The second-order valence-electron chi connectivity index (χ2n) is 4.62. The van der Waals surface area contributed by atoms with Crippen molar-refractivity contribution < 1.29 is 0 Å². The minimum absolute atomic E-state index is 1.12. The predicted octanol–water partition coefficient (Wildman–Crippen LogP) is 5.20. The Labute approximate surface area is 118 Å². The monoisotopic (exact) mass is 264 g/mol. The van der Waals surface area contributed by atoms with E-state index in [0.717, 1.165) is 12.8 Å². The van der Waals surface area contributed by atoms with Gasteiger partial charge in [-0.25, -0.2) is 0 Å². The van der Waals surface area contributed by atoms with E-state index in [1.165, 1.54) is 20.9 Å². The van der Waals surface area contributed by atoms with Gasteiger partial charge >= 0.3 is 0 Å². The molecule has 0 aliphatic carbocycles. The van der Waals surface area contributed by atoms with Crippen molar-refractivity contribution in [1.82, 2.24) is 0 Å². The van der Waals surface area contributed by atoms with Crippen molar-refractivity contribution in [1.29, 1.82) is 0 Å².